The molecule has 0 aliphatic carbocycles. The number of hydrogen-bond acceptors (Lipinski definition) is 4. The van der Waals surface area contributed by atoms with Crippen molar-refractivity contribution in [1.82, 2.24) is 9.80 Å². The summed E-state index contributed by atoms with van der Waals surface area (Å²) in [7, 11) is 1.55. The number of aromatic hydroxyl groups is 1. The van der Waals surface area contributed by atoms with E-state index in [1.54, 1.807) is 19.2 Å². The maximum absolute atomic E-state index is 12.8. The molecule has 5 nitrogen and oxygen atoms in total. The van der Waals surface area contributed by atoms with Crippen LogP contribution >= 0.6 is 0 Å². The standard InChI is InChI=1S/C20H28N2O3/c1-14(2)8-9-22-17-6-5-16(20(22)24)12-21(13-17)11-15-4-7-19(25-3)18(23)10-15/h4,7-8,10,16-17,23H,5-6,9,11-13H2,1-3H3/t16-,17+/m0/s1. The predicted molar refractivity (Wildman–Crippen MR) is 97.6 cm³/mol. The Morgan fingerprint density at radius 3 is 2.80 bits per heavy atom. The molecule has 2 bridgehead atoms. The third kappa shape index (κ3) is 3.98. The summed E-state index contributed by atoms with van der Waals surface area (Å²) in [5, 5.41) is 9.99. The van der Waals surface area contributed by atoms with Crippen molar-refractivity contribution in [3.05, 3.63) is 35.4 Å². The van der Waals surface area contributed by atoms with Crippen molar-refractivity contribution in [3.8, 4) is 11.5 Å². The zero-order chi connectivity index (χ0) is 18.0. The molecule has 136 valence electrons. The number of carbonyl (C=O) groups is 1. The number of piperidine rings is 1. The molecule has 3 fully saturated rings. The highest BCUT2D eigenvalue weighted by Crippen LogP contribution is 2.31. The number of phenols is 1. The zero-order valence-corrected chi connectivity index (χ0v) is 15.4. The topological polar surface area (TPSA) is 53.0 Å². The molecule has 0 spiro atoms. The van der Waals surface area contributed by atoms with Crippen LogP contribution in [0.5, 0.6) is 11.5 Å². The number of fused-ring (bicyclic) bond motifs is 4. The molecule has 1 aromatic carbocycles. The van der Waals surface area contributed by atoms with Crippen LogP contribution in [-0.4, -0.2) is 53.6 Å². The lowest BCUT2D eigenvalue weighted by molar-refractivity contribution is -0.139. The van der Waals surface area contributed by atoms with Crippen LogP contribution in [0.15, 0.2) is 29.8 Å². The summed E-state index contributed by atoms with van der Waals surface area (Å²) in [6.45, 7) is 7.30. The SMILES string of the molecule is COc1ccc(CN2C[C@@H]3CC[C@H](C2)N(CC=C(C)C)C3=O)cc1O. The molecule has 2 atom stereocenters. The monoisotopic (exact) mass is 344 g/mol. The lowest BCUT2D eigenvalue weighted by Crippen LogP contribution is -2.47. The molecule has 4 rings (SSSR count). The van der Waals surface area contributed by atoms with Crippen LogP contribution in [-0.2, 0) is 11.3 Å². The van der Waals surface area contributed by atoms with Gasteiger partial charge in [-0.25, -0.2) is 0 Å². The molecule has 3 aliphatic heterocycles. The van der Waals surface area contributed by atoms with Gasteiger partial charge in [-0.15, -0.1) is 0 Å². The minimum Gasteiger partial charge on any atom is -0.504 e. The first-order chi connectivity index (χ1) is 12.0. The van der Waals surface area contributed by atoms with E-state index in [9.17, 15) is 9.90 Å². The lowest BCUT2D eigenvalue weighted by atomic mass is 9.94. The van der Waals surface area contributed by atoms with E-state index in [1.807, 2.05) is 6.07 Å². The van der Waals surface area contributed by atoms with Crippen molar-refractivity contribution in [2.75, 3.05) is 26.7 Å². The summed E-state index contributed by atoms with van der Waals surface area (Å²) >= 11 is 0. The molecule has 3 saturated heterocycles. The average Bonchev–Trinajstić information content (AvgIpc) is 2.83. The Hall–Kier alpha value is -2.01. The minimum atomic E-state index is 0.0937. The molecule has 3 heterocycles. The number of allylic oxidation sites excluding steroid dienone is 1. The van der Waals surface area contributed by atoms with Gasteiger partial charge >= 0.3 is 0 Å². The fourth-order valence-corrected chi connectivity index (χ4v) is 3.87. The smallest absolute Gasteiger partial charge is 0.227 e. The van der Waals surface area contributed by atoms with Crippen molar-refractivity contribution in [2.45, 2.75) is 39.3 Å². The van der Waals surface area contributed by atoms with Crippen LogP contribution in [0.3, 0.4) is 0 Å². The zero-order valence-electron chi connectivity index (χ0n) is 15.4. The second-order valence-corrected chi connectivity index (χ2v) is 7.40. The van der Waals surface area contributed by atoms with Crippen molar-refractivity contribution < 1.29 is 14.6 Å². The fraction of sp³-hybridized carbons (Fsp3) is 0.550. The highest BCUT2D eigenvalue weighted by molar-refractivity contribution is 5.80. The van der Waals surface area contributed by atoms with E-state index >= 15 is 0 Å². The van der Waals surface area contributed by atoms with Crippen molar-refractivity contribution in [2.24, 2.45) is 5.92 Å². The molecule has 5 heteroatoms. The molecule has 25 heavy (non-hydrogen) atoms. The Morgan fingerprint density at radius 2 is 2.12 bits per heavy atom. The van der Waals surface area contributed by atoms with Gasteiger partial charge in [-0.2, -0.15) is 0 Å². The maximum Gasteiger partial charge on any atom is 0.227 e. The molecule has 0 saturated carbocycles. The van der Waals surface area contributed by atoms with Gasteiger partial charge in [0.15, 0.2) is 11.5 Å². The van der Waals surface area contributed by atoms with Gasteiger partial charge < -0.3 is 14.7 Å². The number of amides is 1. The third-order valence-corrected chi connectivity index (χ3v) is 5.21. The molecule has 3 aliphatic rings. The summed E-state index contributed by atoms with van der Waals surface area (Å²) in [5.74, 6) is 1.05. The highest BCUT2D eigenvalue weighted by atomic mass is 16.5. The second-order valence-electron chi connectivity index (χ2n) is 7.40. The quantitative estimate of drug-likeness (QED) is 0.835. The van der Waals surface area contributed by atoms with Gasteiger partial charge in [0.1, 0.15) is 0 Å². The van der Waals surface area contributed by atoms with Crippen LogP contribution in [0.25, 0.3) is 0 Å². The largest absolute Gasteiger partial charge is 0.504 e. The van der Waals surface area contributed by atoms with E-state index < -0.39 is 0 Å². The summed E-state index contributed by atoms with van der Waals surface area (Å²) in [6.07, 6.45) is 4.21. The molecule has 0 unspecified atom stereocenters. The summed E-state index contributed by atoms with van der Waals surface area (Å²) in [4.78, 5) is 17.2. The molecule has 1 amide bonds. The average molecular weight is 344 g/mol. The predicted octanol–water partition coefficient (Wildman–Crippen LogP) is 2.79. The Bertz CT molecular complexity index is 667. The number of methoxy groups -OCH3 is 1. The van der Waals surface area contributed by atoms with Gasteiger partial charge in [0.2, 0.25) is 5.91 Å². The van der Waals surface area contributed by atoms with Gasteiger partial charge in [-0.05, 0) is 44.4 Å². The van der Waals surface area contributed by atoms with Crippen LogP contribution < -0.4 is 4.74 Å². The van der Waals surface area contributed by atoms with Crippen LogP contribution in [0.2, 0.25) is 0 Å². The van der Waals surface area contributed by atoms with Gasteiger partial charge in [0, 0.05) is 32.2 Å². The van der Waals surface area contributed by atoms with E-state index in [0.29, 0.717) is 11.7 Å². The second kappa shape index (κ2) is 7.48. The Morgan fingerprint density at radius 1 is 1.32 bits per heavy atom. The number of ether oxygens (including phenoxy) is 1. The number of benzene rings is 1. The van der Waals surface area contributed by atoms with Crippen LogP contribution in [0.4, 0.5) is 0 Å². The summed E-state index contributed by atoms with van der Waals surface area (Å²) in [6, 6.07) is 5.82. The van der Waals surface area contributed by atoms with Crippen molar-refractivity contribution >= 4 is 5.91 Å². The first kappa shape index (κ1) is 17.8. The fourth-order valence-electron chi connectivity index (χ4n) is 3.87. The first-order valence-electron chi connectivity index (χ1n) is 9.00. The van der Waals surface area contributed by atoms with Crippen molar-refractivity contribution in [1.29, 1.82) is 0 Å². The van der Waals surface area contributed by atoms with E-state index in [-0.39, 0.29) is 17.7 Å². The molecule has 0 aromatic heterocycles. The van der Waals surface area contributed by atoms with Crippen LogP contribution in [0.1, 0.15) is 32.3 Å². The minimum absolute atomic E-state index is 0.0937. The van der Waals surface area contributed by atoms with E-state index in [4.69, 9.17) is 4.74 Å². The lowest BCUT2D eigenvalue weighted by Gasteiger charge is -2.35. The number of rotatable bonds is 5. The first-order valence-corrected chi connectivity index (χ1v) is 9.00. The maximum atomic E-state index is 12.8. The number of carbonyl (C=O) groups excluding carboxylic acids is 1. The number of nitrogens with zero attached hydrogens (tertiary/aromatic N) is 2. The number of phenolic OH excluding ortho intramolecular Hbond substituents is 1. The van der Waals surface area contributed by atoms with E-state index in [2.05, 4.69) is 29.7 Å². The third-order valence-electron chi connectivity index (χ3n) is 5.21. The molecular formula is C20H28N2O3. The number of hydrogen-bond donors (Lipinski definition) is 1. The molecule has 1 N–H and O–H groups in total. The van der Waals surface area contributed by atoms with E-state index in [1.165, 1.54) is 5.57 Å². The summed E-state index contributed by atoms with van der Waals surface area (Å²) in [5.41, 5.74) is 2.29. The van der Waals surface area contributed by atoms with Gasteiger partial charge in [0.25, 0.3) is 0 Å². The van der Waals surface area contributed by atoms with Crippen molar-refractivity contribution in [3.63, 3.8) is 0 Å². The Balaban J connectivity index is 1.72. The summed E-state index contributed by atoms with van der Waals surface area (Å²) < 4.78 is 5.11. The van der Waals surface area contributed by atoms with Crippen LogP contribution in [0, 0.1) is 5.92 Å². The normalized spacial score (nSPS) is 23.5. The highest BCUT2D eigenvalue weighted by Gasteiger charge is 2.39. The molecule has 0 radical (unpaired) electrons. The van der Waals surface area contributed by atoms with Gasteiger partial charge in [-0.1, -0.05) is 17.7 Å². The molecule has 1 aromatic rings. The van der Waals surface area contributed by atoms with Gasteiger partial charge in [-0.3, -0.25) is 9.69 Å². The van der Waals surface area contributed by atoms with Gasteiger partial charge in [0.05, 0.1) is 13.0 Å². The van der Waals surface area contributed by atoms with E-state index in [0.717, 1.165) is 44.6 Å². The Kier molecular flexibility index (Phi) is 5.33. The molecular weight excluding hydrogens is 316 g/mol. The Labute approximate surface area is 149 Å².